The smallest absolute Gasteiger partial charge is 0.316 e. The van der Waals surface area contributed by atoms with Gasteiger partial charge in [0.05, 0.1) is 12.6 Å². The molecule has 3 rings (SSSR count). The molecule has 0 bridgehead atoms. The van der Waals surface area contributed by atoms with Gasteiger partial charge in [0.25, 0.3) is 11.8 Å². The highest BCUT2D eigenvalue weighted by Crippen LogP contribution is 2.31. The van der Waals surface area contributed by atoms with Crippen LogP contribution in [0.4, 0.5) is 4.79 Å². The second-order valence-corrected chi connectivity index (χ2v) is 12.2. The summed E-state index contributed by atoms with van der Waals surface area (Å²) in [6.45, 7) is 11.2. The summed E-state index contributed by atoms with van der Waals surface area (Å²) in [6.07, 6.45) is 12.1. The minimum absolute atomic E-state index is 0.120. The summed E-state index contributed by atoms with van der Waals surface area (Å²) in [6, 6.07) is -0.615. The van der Waals surface area contributed by atoms with Crippen molar-refractivity contribution in [3.8, 4) is 0 Å². The minimum Gasteiger partial charge on any atom is -0.347 e. The second-order valence-electron chi connectivity index (χ2n) is 12.2. The van der Waals surface area contributed by atoms with Crippen molar-refractivity contribution in [1.29, 1.82) is 0 Å². The highest BCUT2D eigenvalue weighted by molar-refractivity contribution is 6.37. The van der Waals surface area contributed by atoms with Crippen LogP contribution in [0.1, 0.15) is 105 Å². The monoisotopic (exact) mass is 580 g/mol. The summed E-state index contributed by atoms with van der Waals surface area (Å²) in [4.78, 5) is 59.0. The third-order valence-corrected chi connectivity index (χ3v) is 7.84. The first kappa shape index (κ1) is 36.5. The van der Waals surface area contributed by atoms with E-state index in [0.29, 0.717) is 12.5 Å². The predicted octanol–water partition coefficient (Wildman–Crippen LogP) is 2.62. The molecule has 11 nitrogen and oxygen atoms in total. The normalized spacial score (nSPS) is 25.8. The lowest BCUT2D eigenvalue weighted by molar-refractivity contribution is -0.137. The van der Waals surface area contributed by atoms with Crippen LogP contribution in [-0.4, -0.2) is 78.7 Å². The molecule has 3 fully saturated rings. The number of nitrogens with two attached hydrogens (primary N) is 1. The lowest BCUT2D eigenvalue weighted by Gasteiger charge is -2.38. The van der Waals surface area contributed by atoms with Crippen molar-refractivity contribution >= 4 is 29.9 Å². The standard InChI is InChI=1S/C17H30N4O3.C7H12N2O2.C6H14/c1-11-5-4-7-17(3,9-11)20-16(24)19-14(18)15(23)21-8-6-12(2)13(21)10-22;1-8-4-6(10)7(11)9-5-2-3-5;1-3-5-6-4-2/h10-14H,4-9,18H2,1-3H3,(H2,19,20,24);5,8H,2-4H2,1H3,(H,9,11);3-6H2,1-2H3/t11?,12-,13?,14+,17+;;/m0../s1. The van der Waals surface area contributed by atoms with Gasteiger partial charge in [-0.25, -0.2) is 4.79 Å². The van der Waals surface area contributed by atoms with Crippen LogP contribution in [0, 0.1) is 11.8 Å². The number of carbonyl (C=O) groups excluding carboxylic acids is 5. The molecule has 5 atom stereocenters. The van der Waals surface area contributed by atoms with E-state index in [1.807, 2.05) is 13.8 Å². The number of likely N-dealkylation sites (N-methyl/N-ethyl adjacent to an activating group) is 1. The summed E-state index contributed by atoms with van der Waals surface area (Å²) in [5.41, 5.74) is 5.59. The van der Waals surface area contributed by atoms with Gasteiger partial charge in [0.15, 0.2) is 6.17 Å². The van der Waals surface area contributed by atoms with Crippen LogP contribution in [0.5, 0.6) is 0 Å². The van der Waals surface area contributed by atoms with Gasteiger partial charge in [-0.3, -0.25) is 14.4 Å². The van der Waals surface area contributed by atoms with Gasteiger partial charge in [-0.05, 0) is 57.9 Å². The molecule has 0 radical (unpaired) electrons. The van der Waals surface area contributed by atoms with E-state index in [2.05, 4.69) is 42.0 Å². The zero-order valence-electron chi connectivity index (χ0n) is 26.2. The third-order valence-electron chi connectivity index (χ3n) is 7.84. The lowest BCUT2D eigenvalue weighted by atomic mass is 9.78. The highest BCUT2D eigenvalue weighted by Gasteiger charge is 2.37. The van der Waals surface area contributed by atoms with Gasteiger partial charge in [-0.2, -0.15) is 0 Å². The number of unbranched alkanes of at least 4 members (excludes halogenated alkanes) is 3. The molecule has 1 aliphatic heterocycles. The molecule has 1 saturated heterocycles. The molecule has 1 heterocycles. The number of likely N-dealkylation sites (tertiary alicyclic amines) is 1. The Kier molecular flexibility index (Phi) is 16.7. The van der Waals surface area contributed by atoms with Crippen molar-refractivity contribution in [3.05, 3.63) is 0 Å². The van der Waals surface area contributed by atoms with E-state index in [0.717, 1.165) is 44.8 Å². The SMILES string of the molecule is CC1CCC[C@@](C)(NC(=O)N[C@@H](N)C(=O)N2CC[C@H](C)C2C=O)C1.CCCCCC.CNCC(=O)C(=O)NC1CC1. The Morgan fingerprint density at radius 3 is 2.20 bits per heavy atom. The molecule has 0 aromatic rings. The topological polar surface area (TPSA) is 163 Å². The average molecular weight is 581 g/mol. The molecule has 6 N–H and O–H groups in total. The Balaban J connectivity index is 0.000000406. The molecule has 0 aromatic carbocycles. The Hall–Kier alpha value is -2.53. The Bertz CT molecular complexity index is 847. The van der Waals surface area contributed by atoms with Crippen LogP contribution in [0.2, 0.25) is 0 Å². The van der Waals surface area contributed by atoms with Crippen molar-refractivity contribution in [2.24, 2.45) is 17.6 Å². The van der Waals surface area contributed by atoms with Crippen LogP contribution >= 0.6 is 0 Å². The van der Waals surface area contributed by atoms with Gasteiger partial charge >= 0.3 is 6.03 Å². The third kappa shape index (κ3) is 13.8. The average Bonchev–Trinajstić information content (AvgIpc) is 3.65. The molecule has 41 heavy (non-hydrogen) atoms. The van der Waals surface area contributed by atoms with E-state index in [1.54, 1.807) is 7.05 Å². The van der Waals surface area contributed by atoms with Crippen LogP contribution in [0.15, 0.2) is 0 Å². The van der Waals surface area contributed by atoms with E-state index >= 15 is 0 Å². The number of nitrogens with one attached hydrogen (secondary N) is 4. The Labute approximate surface area is 246 Å². The molecule has 11 heteroatoms. The zero-order valence-corrected chi connectivity index (χ0v) is 26.2. The number of aldehydes is 1. The van der Waals surface area contributed by atoms with E-state index in [9.17, 15) is 24.0 Å². The maximum atomic E-state index is 12.4. The van der Waals surface area contributed by atoms with Gasteiger partial charge < -0.3 is 36.7 Å². The maximum absolute atomic E-state index is 12.4. The van der Waals surface area contributed by atoms with Crippen LogP contribution in [0.3, 0.4) is 0 Å². The molecular weight excluding hydrogens is 524 g/mol. The quantitative estimate of drug-likeness (QED) is 0.109. The largest absolute Gasteiger partial charge is 0.347 e. The van der Waals surface area contributed by atoms with Crippen LogP contribution in [0.25, 0.3) is 0 Å². The maximum Gasteiger partial charge on any atom is 0.316 e. The van der Waals surface area contributed by atoms with Gasteiger partial charge in [0.2, 0.25) is 5.78 Å². The highest BCUT2D eigenvalue weighted by atomic mass is 16.2. The van der Waals surface area contributed by atoms with Gasteiger partial charge in [0, 0.05) is 18.1 Å². The first-order chi connectivity index (χ1) is 19.4. The number of rotatable bonds is 11. The van der Waals surface area contributed by atoms with Gasteiger partial charge in [0.1, 0.15) is 6.29 Å². The first-order valence-electron chi connectivity index (χ1n) is 15.5. The molecule has 2 saturated carbocycles. The number of carbonyl (C=O) groups is 5. The molecule has 0 aromatic heterocycles. The van der Waals surface area contributed by atoms with Crippen LogP contribution in [-0.2, 0) is 19.2 Å². The summed E-state index contributed by atoms with van der Waals surface area (Å²) in [5, 5.41) is 10.7. The fraction of sp³-hybridized carbons (Fsp3) is 0.833. The summed E-state index contributed by atoms with van der Waals surface area (Å²) < 4.78 is 0. The number of ketones is 1. The van der Waals surface area contributed by atoms with Crippen LogP contribution < -0.4 is 27.0 Å². The first-order valence-corrected chi connectivity index (χ1v) is 15.5. The van der Waals surface area contributed by atoms with Crippen molar-refractivity contribution in [3.63, 3.8) is 0 Å². The summed E-state index contributed by atoms with van der Waals surface area (Å²) in [7, 11) is 1.64. The van der Waals surface area contributed by atoms with Crippen molar-refractivity contribution < 1.29 is 24.0 Å². The number of hydrogen-bond donors (Lipinski definition) is 5. The van der Waals surface area contributed by atoms with Crippen molar-refractivity contribution in [2.75, 3.05) is 20.1 Å². The molecule has 236 valence electrons. The zero-order chi connectivity index (χ0) is 31.0. The Morgan fingerprint density at radius 1 is 1.05 bits per heavy atom. The lowest BCUT2D eigenvalue weighted by Crippen LogP contribution is -2.60. The number of urea groups is 1. The van der Waals surface area contributed by atoms with Gasteiger partial charge in [-0.15, -0.1) is 0 Å². The number of Topliss-reactive ketones (excluding diaryl/α,β-unsaturated/α-hetero) is 1. The molecule has 0 spiro atoms. The van der Waals surface area contributed by atoms with E-state index in [4.69, 9.17) is 5.73 Å². The molecule has 2 aliphatic carbocycles. The molecule has 3 aliphatic rings. The number of hydrogen-bond acceptors (Lipinski definition) is 7. The number of nitrogens with zero attached hydrogens (tertiary/aromatic N) is 1. The molecular formula is C30H56N6O5. The van der Waals surface area contributed by atoms with E-state index in [-0.39, 0.29) is 29.8 Å². The van der Waals surface area contributed by atoms with E-state index in [1.165, 1.54) is 37.0 Å². The van der Waals surface area contributed by atoms with E-state index < -0.39 is 30.1 Å². The fourth-order valence-corrected chi connectivity index (χ4v) is 5.29. The fourth-order valence-electron chi connectivity index (χ4n) is 5.29. The van der Waals surface area contributed by atoms with Crippen molar-refractivity contribution in [2.45, 2.75) is 129 Å². The predicted molar refractivity (Wildman–Crippen MR) is 161 cm³/mol. The number of amides is 4. The molecule has 2 unspecified atom stereocenters. The van der Waals surface area contributed by atoms with Crippen molar-refractivity contribution in [1.82, 2.24) is 26.2 Å². The minimum atomic E-state index is -1.14. The molecule has 4 amide bonds. The second kappa shape index (κ2) is 18.8. The summed E-state index contributed by atoms with van der Waals surface area (Å²) >= 11 is 0. The van der Waals surface area contributed by atoms with Gasteiger partial charge in [-0.1, -0.05) is 66.2 Å². The summed E-state index contributed by atoms with van der Waals surface area (Å²) in [5.74, 6) is -0.566. The Morgan fingerprint density at radius 2 is 1.68 bits per heavy atom.